The van der Waals surface area contributed by atoms with Crippen LogP contribution in [0.3, 0.4) is 0 Å². The Labute approximate surface area is 171 Å². The summed E-state index contributed by atoms with van der Waals surface area (Å²) in [6.07, 6.45) is -2.50. The number of anilines is 2. The lowest BCUT2D eigenvalue weighted by Gasteiger charge is -2.32. The molecule has 1 saturated heterocycles. The molecule has 8 nitrogen and oxygen atoms in total. The molecular weight excluding hydrogens is 401 g/mol. The first-order valence-corrected chi connectivity index (χ1v) is 9.75. The summed E-state index contributed by atoms with van der Waals surface area (Å²) in [7, 11) is 1.81. The van der Waals surface area contributed by atoms with E-state index in [1.807, 2.05) is 18.9 Å². The van der Waals surface area contributed by atoms with Gasteiger partial charge in [-0.2, -0.15) is 18.3 Å². The maximum atomic E-state index is 13.0. The zero-order chi connectivity index (χ0) is 21.6. The number of rotatable bonds is 4. The van der Waals surface area contributed by atoms with Gasteiger partial charge in [0.15, 0.2) is 5.82 Å². The van der Waals surface area contributed by atoms with Crippen LogP contribution in [0.1, 0.15) is 30.6 Å². The molecule has 0 spiro atoms. The Morgan fingerprint density at radius 1 is 1.33 bits per heavy atom. The van der Waals surface area contributed by atoms with E-state index < -0.39 is 11.9 Å². The van der Waals surface area contributed by atoms with Gasteiger partial charge in [-0.3, -0.25) is 9.48 Å². The van der Waals surface area contributed by atoms with E-state index >= 15 is 0 Å². The Bertz CT molecular complexity index is 960. The van der Waals surface area contributed by atoms with E-state index in [0.717, 1.165) is 16.9 Å². The van der Waals surface area contributed by atoms with Crippen molar-refractivity contribution in [2.75, 3.05) is 23.9 Å². The largest absolute Gasteiger partial charge is 0.433 e. The molecule has 2 aliphatic rings. The summed E-state index contributed by atoms with van der Waals surface area (Å²) in [5.41, 5.74) is 0.523. The number of nitrogens with one attached hydrogen (secondary N) is 1. The van der Waals surface area contributed by atoms with Crippen LogP contribution >= 0.6 is 0 Å². The quantitative estimate of drug-likeness (QED) is 0.812. The van der Waals surface area contributed by atoms with E-state index in [0.29, 0.717) is 42.5 Å². The smallest absolute Gasteiger partial charge is 0.376 e. The standard InChI is InChI=1S/C19H23F3N6O2/c1-10-16-17(27(3)11(2)18(29)26-16)25-15(24-10)7-12-6-13(30-9-12)8-28-14(4-5-23-28)19(20,21)22/h4-5,11-13H,6-9H2,1-3H3,(H,26,29)/t11-,12+,13-/m0/s1. The molecule has 1 fully saturated rings. The van der Waals surface area contributed by atoms with Crippen LogP contribution in [-0.4, -0.2) is 51.5 Å². The van der Waals surface area contributed by atoms with Gasteiger partial charge in [-0.25, -0.2) is 9.97 Å². The van der Waals surface area contributed by atoms with Gasteiger partial charge < -0.3 is 15.0 Å². The van der Waals surface area contributed by atoms with Crippen LogP contribution in [0.5, 0.6) is 0 Å². The Morgan fingerprint density at radius 2 is 2.10 bits per heavy atom. The van der Waals surface area contributed by atoms with Crippen LogP contribution in [-0.2, 0) is 28.7 Å². The van der Waals surface area contributed by atoms with Crippen LogP contribution in [0.15, 0.2) is 12.3 Å². The van der Waals surface area contributed by atoms with Crippen LogP contribution < -0.4 is 10.2 Å². The van der Waals surface area contributed by atoms with Crippen molar-refractivity contribution in [2.24, 2.45) is 5.92 Å². The molecule has 0 unspecified atom stereocenters. The zero-order valence-electron chi connectivity index (χ0n) is 16.9. The lowest BCUT2D eigenvalue weighted by atomic mass is 10.0. The zero-order valence-corrected chi connectivity index (χ0v) is 16.9. The molecule has 0 bridgehead atoms. The van der Waals surface area contributed by atoms with E-state index in [1.165, 1.54) is 0 Å². The van der Waals surface area contributed by atoms with Gasteiger partial charge >= 0.3 is 6.18 Å². The first-order chi connectivity index (χ1) is 14.1. The fourth-order valence-electron chi connectivity index (χ4n) is 3.91. The Morgan fingerprint density at radius 3 is 2.83 bits per heavy atom. The number of likely N-dealkylation sites (N-methyl/N-ethyl adjacent to an activating group) is 1. The number of aryl methyl sites for hydroxylation is 1. The van der Waals surface area contributed by atoms with Crippen molar-refractivity contribution in [1.29, 1.82) is 0 Å². The third-order valence-electron chi connectivity index (χ3n) is 5.68. The minimum absolute atomic E-state index is 0.0503. The van der Waals surface area contributed by atoms with Crippen molar-refractivity contribution in [2.45, 2.75) is 51.6 Å². The Hall–Kier alpha value is -2.69. The minimum Gasteiger partial charge on any atom is -0.376 e. The van der Waals surface area contributed by atoms with Crippen molar-refractivity contribution in [3.05, 3.63) is 29.5 Å². The van der Waals surface area contributed by atoms with Gasteiger partial charge in [-0.15, -0.1) is 0 Å². The fraction of sp³-hybridized carbons (Fsp3) is 0.579. The topological polar surface area (TPSA) is 85.2 Å². The average Bonchev–Trinajstić information content (AvgIpc) is 3.31. The Balaban J connectivity index is 1.44. The molecule has 3 atom stereocenters. The number of ether oxygens (including phenoxy) is 1. The maximum absolute atomic E-state index is 13.0. The minimum atomic E-state index is -4.44. The lowest BCUT2D eigenvalue weighted by Crippen LogP contribution is -2.45. The second-order valence-corrected chi connectivity index (χ2v) is 7.86. The van der Waals surface area contributed by atoms with Gasteiger partial charge in [-0.1, -0.05) is 0 Å². The SMILES string of the molecule is Cc1nc(C[C@@H]2CO[C@H](Cn3nccc3C(F)(F)F)C2)nc2c1NC(=O)[C@H](C)N2C. The molecule has 1 N–H and O–H groups in total. The molecule has 1 amide bonds. The van der Waals surface area contributed by atoms with E-state index in [4.69, 9.17) is 4.74 Å². The summed E-state index contributed by atoms with van der Waals surface area (Å²) in [5.74, 6) is 1.30. The molecule has 11 heteroatoms. The summed E-state index contributed by atoms with van der Waals surface area (Å²) in [4.78, 5) is 23.0. The predicted octanol–water partition coefficient (Wildman–Crippen LogP) is 2.42. The molecule has 4 rings (SSSR count). The van der Waals surface area contributed by atoms with Crippen molar-refractivity contribution in [3.63, 3.8) is 0 Å². The van der Waals surface area contributed by atoms with Crippen LogP contribution in [0.25, 0.3) is 0 Å². The molecular formula is C19H23F3N6O2. The van der Waals surface area contributed by atoms with E-state index in [9.17, 15) is 18.0 Å². The number of amides is 1. The summed E-state index contributed by atoms with van der Waals surface area (Å²) in [6, 6.07) is 0.627. The van der Waals surface area contributed by atoms with Gasteiger partial charge in [0.05, 0.1) is 24.9 Å². The van der Waals surface area contributed by atoms with Crippen molar-refractivity contribution in [1.82, 2.24) is 19.7 Å². The van der Waals surface area contributed by atoms with Crippen molar-refractivity contribution < 1.29 is 22.7 Å². The second-order valence-electron chi connectivity index (χ2n) is 7.86. The van der Waals surface area contributed by atoms with Crippen LogP contribution in [0, 0.1) is 12.8 Å². The highest BCUT2D eigenvalue weighted by atomic mass is 19.4. The number of aromatic nitrogens is 4. The van der Waals surface area contributed by atoms with E-state index in [2.05, 4.69) is 20.4 Å². The van der Waals surface area contributed by atoms with Crippen LogP contribution in [0.4, 0.5) is 24.7 Å². The number of carbonyl (C=O) groups excluding carboxylic acids is 1. The monoisotopic (exact) mass is 424 g/mol. The highest BCUT2D eigenvalue weighted by Gasteiger charge is 2.36. The molecule has 162 valence electrons. The van der Waals surface area contributed by atoms with Crippen LogP contribution in [0.2, 0.25) is 0 Å². The molecule has 4 heterocycles. The van der Waals surface area contributed by atoms with Gasteiger partial charge in [0.1, 0.15) is 23.2 Å². The van der Waals surface area contributed by atoms with E-state index in [1.54, 1.807) is 6.92 Å². The number of hydrogen-bond donors (Lipinski definition) is 1. The highest BCUT2D eigenvalue weighted by molar-refractivity contribution is 6.02. The number of nitrogens with zero attached hydrogens (tertiary/aromatic N) is 5. The van der Waals surface area contributed by atoms with E-state index in [-0.39, 0.29) is 30.5 Å². The summed E-state index contributed by atoms with van der Waals surface area (Å²) >= 11 is 0. The number of halogens is 3. The molecule has 2 aromatic heterocycles. The van der Waals surface area contributed by atoms with Gasteiger partial charge in [-0.05, 0) is 32.3 Å². The number of hydrogen-bond acceptors (Lipinski definition) is 6. The molecule has 0 aromatic carbocycles. The normalized spacial score (nSPS) is 24.1. The number of carbonyl (C=O) groups is 1. The summed E-state index contributed by atoms with van der Waals surface area (Å²) < 4.78 is 45.8. The highest BCUT2D eigenvalue weighted by Crippen LogP contribution is 2.33. The molecule has 0 radical (unpaired) electrons. The average molecular weight is 424 g/mol. The summed E-state index contributed by atoms with van der Waals surface area (Å²) in [5, 5.41) is 6.64. The maximum Gasteiger partial charge on any atom is 0.433 e. The van der Waals surface area contributed by atoms with Gasteiger partial charge in [0.2, 0.25) is 5.91 Å². The first-order valence-electron chi connectivity index (χ1n) is 9.75. The molecule has 0 saturated carbocycles. The van der Waals surface area contributed by atoms with Gasteiger partial charge in [0.25, 0.3) is 0 Å². The number of alkyl halides is 3. The second kappa shape index (κ2) is 7.53. The predicted molar refractivity (Wildman–Crippen MR) is 102 cm³/mol. The molecule has 2 aliphatic heterocycles. The third-order valence-corrected chi connectivity index (χ3v) is 5.68. The Kier molecular flexibility index (Phi) is 5.16. The summed E-state index contributed by atoms with van der Waals surface area (Å²) in [6.45, 7) is 4.10. The fourth-order valence-corrected chi connectivity index (χ4v) is 3.91. The molecule has 2 aromatic rings. The molecule has 0 aliphatic carbocycles. The van der Waals surface area contributed by atoms with Gasteiger partial charge in [0, 0.05) is 19.7 Å². The molecule has 30 heavy (non-hydrogen) atoms. The third kappa shape index (κ3) is 3.85. The van der Waals surface area contributed by atoms with Crippen molar-refractivity contribution in [3.8, 4) is 0 Å². The number of fused-ring (bicyclic) bond motifs is 1. The first kappa shape index (κ1) is 20.6. The lowest BCUT2D eigenvalue weighted by molar-refractivity contribution is -0.144. The van der Waals surface area contributed by atoms with Crippen molar-refractivity contribution >= 4 is 17.4 Å².